The highest BCUT2D eigenvalue weighted by Crippen LogP contribution is 2.28. The van der Waals surface area contributed by atoms with Crippen molar-refractivity contribution in [3.8, 4) is 0 Å². The molecule has 0 aliphatic carbocycles. The van der Waals surface area contributed by atoms with Crippen molar-refractivity contribution in [2.24, 2.45) is 0 Å². The minimum absolute atomic E-state index is 0.385. The van der Waals surface area contributed by atoms with Crippen LogP contribution in [0.15, 0.2) is 47.4 Å². The third kappa shape index (κ3) is 2.36. The molecule has 0 radical (unpaired) electrons. The summed E-state index contributed by atoms with van der Waals surface area (Å²) in [4.78, 5) is -0.648. The van der Waals surface area contributed by atoms with Gasteiger partial charge in [0.2, 0.25) is 0 Å². The van der Waals surface area contributed by atoms with E-state index in [2.05, 4.69) is 0 Å². The second-order valence-electron chi connectivity index (χ2n) is 3.97. The molecule has 0 spiro atoms. The fourth-order valence-corrected chi connectivity index (χ4v) is 2.99. The molecule has 0 unspecified atom stereocenters. The zero-order valence-electron chi connectivity index (χ0n) is 10.3. The third-order valence-electron chi connectivity index (χ3n) is 2.73. The Balaban J connectivity index is 2.59. The monoisotopic (exact) mass is 301 g/mol. The van der Waals surface area contributed by atoms with Crippen LogP contribution >= 0.6 is 0 Å². The van der Waals surface area contributed by atoms with Crippen LogP contribution in [-0.2, 0) is 10.0 Å². The van der Waals surface area contributed by atoms with Crippen molar-refractivity contribution >= 4 is 15.7 Å². The summed E-state index contributed by atoms with van der Waals surface area (Å²) >= 11 is 0. The number of rotatable bonds is 3. The molecule has 0 aliphatic rings. The van der Waals surface area contributed by atoms with Crippen molar-refractivity contribution in [3.05, 3.63) is 59.9 Å². The molecule has 7 heteroatoms. The van der Waals surface area contributed by atoms with Gasteiger partial charge in [-0.25, -0.2) is 21.6 Å². The smallest absolute Gasteiger partial charge is 0.263 e. The molecule has 2 aromatic carbocycles. The van der Waals surface area contributed by atoms with Crippen LogP contribution in [0.5, 0.6) is 0 Å². The fourth-order valence-electron chi connectivity index (χ4n) is 1.71. The van der Waals surface area contributed by atoms with E-state index in [4.69, 9.17) is 0 Å². The van der Waals surface area contributed by atoms with E-state index < -0.39 is 38.1 Å². The number of sulfonamides is 1. The number of hydrogen-bond donors (Lipinski definition) is 0. The second-order valence-corrected chi connectivity index (χ2v) is 5.91. The lowest BCUT2D eigenvalue weighted by Gasteiger charge is -2.20. The Kier molecular flexibility index (Phi) is 3.71. The molecule has 0 bridgehead atoms. The van der Waals surface area contributed by atoms with Gasteiger partial charge in [-0.2, -0.15) is 0 Å². The van der Waals surface area contributed by atoms with Gasteiger partial charge in [0, 0.05) is 7.05 Å². The van der Waals surface area contributed by atoms with Crippen LogP contribution in [0.3, 0.4) is 0 Å². The first-order chi connectivity index (χ1) is 9.35. The SMILES string of the molecule is CN(c1c(F)cccc1F)S(=O)(=O)c1ccccc1F. The van der Waals surface area contributed by atoms with E-state index in [1.807, 2.05) is 0 Å². The first kappa shape index (κ1) is 14.4. The molecular formula is C13H10F3NO2S. The number of anilines is 1. The number of hydrogen-bond acceptors (Lipinski definition) is 2. The van der Waals surface area contributed by atoms with E-state index in [0.717, 1.165) is 37.4 Å². The van der Waals surface area contributed by atoms with Gasteiger partial charge in [-0.1, -0.05) is 18.2 Å². The number of halogens is 3. The van der Waals surface area contributed by atoms with Crippen LogP contribution < -0.4 is 4.31 Å². The molecule has 0 amide bonds. The molecule has 0 heterocycles. The molecule has 0 aromatic heterocycles. The van der Waals surface area contributed by atoms with E-state index in [0.29, 0.717) is 4.31 Å². The maximum absolute atomic E-state index is 13.6. The van der Waals surface area contributed by atoms with E-state index in [-0.39, 0.29) is 0 Å². The molecular weight excluding hydrogens is 291 g/mol. The van der Waals surface area contributed by atoms with Crippen LogP contribution in [0.1, 0.15) is 0 Å². The van der Waals surface area contributed by atoms with Crippen LogP contribution in [0.4, 0.5) is 18.9 Å². The lowest BCUT2D eigenvalue weighted by molar-refractivity contribution is 0.557. The average molecular weight is 301 g/mol. The first-order valence-electron chi connectivity index (χ1n) is 5.53. The Morgan fingerprint density at radius 1 is 0.850 bits per heavy atom. The van der Waals surface area contributed by atoms with Gasteiger partial charge in [-0.05, 0) is 24.3 Å². The topological polar surface area (TPSA) is 37.4 Å². The highest BCUT2D eigenvalue weighted by molar-refractivity contribution is 7.92. The molecule has 0 saturated heterocycles. The first-order valence-corrected chi connectivity index (χ1v) is 6.97. The Bertz CT molecular complexity index is 727. The standard InChI is InChI=1S/C13H10F3NO2S/c1-17(13-10(15)6-4-7-11(13)16)20(18,19)12-8-3-2-5-9(12)14/h2-8H,1H3. The minimum Gasteiger partial charge on any atom is -0.263 e. The summed E-state index contributed by atoms with van der Waals surface area (Å²) in [6, 6.07) is 7.58. The Labute approximate surface area is 114 Å². The molecule has 2 aromatic rings. The van der Waals surface area contributed by atoms with Gasteiger partial charge in [-0.3, -0.25) is 4.31 Å². The van der Waals surface area contributed by atoms with Crippen LogP contribution in [0.2, 0.25) is 0 Å². The molecule has 0 N–H and O–H groups in total. The van der Waals surface area contributed by atoms with Crippen LogP contribution in [0, 0.1) is 17.5 Å². The molecule has 0 saturated carbocycles. The van der Waals surface area contributed by atoms with Gasteiger partial charge >= 0.3 is 0 Å². The lowest BCUT2D eigenvalue weighted by Crippen LogP contribution is -2.29. The summed E-state index contributed by atoms with van der Waals surface area (Å²) < 4.78 is 65.6. The highest BCUT2D eigenvalue weighted by atomic mass is 32.2. The zero-order valence-corrected chi connectivity index (χ0v) is 11.2. The van der Waals surface area contributed by atoms with Crippen molar-refractivity contribution in [1.29, 1.82) is 0 Å². The zero-order chi connectivity index (χ0) is 14.9. The quantitative estimate of drug-likeness (QED) is 0.874. The lowest BCUT2D eigenvalue weighted by atomic mass is 10.3. The number of benzene rings is 2. The largest absolute Gasteiger partial charge is 0.267 e. The van der Waals surface area contributed by atoms with Crippen molar-refractivity contribution < 1.29 is 21.6 Å². The van der Waals surface area contributed by atoms with Gasteiger partial charge < -0.3 is 0 Å². The van der Waals surface area contributed by atoms with Crippen LogP contribution in [0.25, 0.3) is 0 Å². The highest BCUT2D eigenvalue weighted by Gasteiger charge is 2.28. The van der Waals surface area contributed by atoms with Gasteiger partial charge in [-0.15, -0.1) is 0 Å². The van der Waals surface area contributed by atoms with Crippen molar-refractivity contribution in [2.45, 2.75) is 4.90 Å². The van der Waals surface area contributed by atoms with E-state index in [1.54, 1.807) is 0 Å². The normalized spacial score (nSPS) is 11.4. The average Bonchev–Trinajstić information content (AvgIpc) is 2.38. The molecule has 0 atom stereocenters. The Morgan fingerprint density at radius 3 is 1.90 bits per heavy atom. The molecule has 3 nitrogen and oxygen atoms in total. The molecule has 0 aliphatic heterocycles. The van der Waals surface area contributed by atoms with Gasteiger partial charge in [0.05, 0.1) is 0 Å². The fraction of sp³-hybridized carbons (Fsp3) is 0.0769. The predicted octanol–water partition coefficient (Wildman–Crippen LogP) is 2.93. The number of para-hydroxylation sites is 1. The number of nitrogens with zero attached hydrogens (tertiary/aromatic N) is 1. The maximum Gasteiger partial charge on any atom is 0.267 e. The van der Waals surface area contributed by atoms with E-state index in [1.165, 1.54) is 12.1 Å². The summed E-state index contributed by atoms with van der Waals surface area (Å²) in [5, 5.41) is 0. The van der Waals surface area contributed by atoms with Gasteiger partial charge in [0.15, 0.2) is 11.6 Å². The summed E-state index contributed by atoms with van der Waals surface area (Å²) in [5.41, 5.74) is -0.754. The van der Waals surface area contributed by atoms with E-state index >= 15 is 0 Å². The predicted molar refractivity (Wildman–Crippen MR) is 68.3 cm³/mol. The van der Waals surface area contributed by atoms with Gasteiger partial charge in [0.1, 0.15) is 16.4 Å². The third-order valence-corrected chi connectivity index (χ3v) is 4.52. The minimum atomic E-state index is -4.39. The maximum atomic E-state index is 13.6. The second kappa shape index (κ2) is 5.16. The molecule has 20 heavy (non-hydrogen) atoms. The molecule has 0 fully saturated rings. The van der Waals surface area contributed by atoms with E-state index in [9.17, 15) is 21.6 Å². The van der Waals surface area contributed by atoms with Crippen molar-refractivity contribution in [2.75, 3.05) is 11.4 Å². The van der Waals surface area contributed by atoms with Crippen molar-refractivity contribution in [3.63, 3.8) is 0 Å². The van der Waals surface area contributed by atoms with Crippen molar-refractivity contribution in [1.82, 2.24) is 0 Å². The molecule has 2 rings (SSSR count). The summed E-state index contributed by atoms with van der Waals surface area (Å²) in [7, 11) is -3.43. The summed E-state index contributed by atoms with van der Waals surface area (Å²) in [6.07, 6.45) is 0. The van der Waals surface area contributed by atoms with Crippen LogP contribution in [-0.4, -0.2) is 15.5 Å². The Morgan fingerprint density at radius 2 is 1.35 bits per heavy atom. The Hall–Kier alpha value is -2.02. The molecule has 106 valence electrons. The summed E-state index contributed by atoms with van der Waals surface area (Å²) in [5.74, 6) is -3.09. The van der Waals surface area contributed by atoms with Gasteiger partial charge in [0.25, 0.3) is 10.0 Å². The summed E-state index contributed by atoms with van der Waals surface area (Å²) in [6.45, 7) is 0.